The molecule has 51 heavy (non-hydrogen) atoms. The van der Waals surface area contributed by atoms with Gasteiger partial charge in [-0.05, 0) is 117 Å². The third-order valence-corrected chi connectivity index (χ3v) is 16.3. The van der Waals surface area contributed by atoms with Gasteiger partial charge in [0, 0.05) is 31.3 Å². The molecule has 8 fully saturated rings. The summed E-state index contributed by atoms with van der Waals surface area (Å²) in [5.41, 5.74) is -1.61. The Bertz CT molecular complexity index is 1400. The molecule has 8 rings (SSSR count). The van der Waals surface area contributed by atoms with Crippen molar-refractivity contribution in [3.8, 4) is 0 Å². The molecule has 0 aromatic heterocycles. The van der Waals surface area contributed by atoms with Crippen LogP contribution in [0.15, 0.2) is 0 Å². The highest BCUT2D eigenvalue weighted by Gasteiger charge is 2.85. The van der Waals surface area contributed by atoms with E-state index in [1.165, 1.54) is 13.3 Å². The highest BCUT2D eigenvalue weighted by atomic mass is 16.7. The van der Waals surface area contributed by atoms with E-state index in [4.69, 9.17) is 18.9 Å². The van der Waals surface area contributed by atoms with E-state index in [1.54, 1.807) is 19.8 Å². The number of rotatable bonds is 6. The third-order valence-electron chi connectivity index (χ3n) is 16.3. The average molecular weight is 712 g/mol. The molecule has 285 valence electrons. The first-order valence-corrected chi connectivity index (χ1v) is 20.0. The van der Waals surface area contributed by atoms with Crippen LogP contribution in [-0.4, -0.2) is 89.5 Å². The standard InChI is InChI=1S/C41H63N2O8/c1-23-20-26(34(37(5,6)47)49-24(2)44)50-32-31(23)38(7)15-16-41-22-40(41)14-13-29(36(3,4)27(40)11-12-28(41)39(38,8)33(32)45)51-30-21-43(18-19-48-30)25-10-9-17-42-35(25)46/h23,25,27,29-31,33-34,45,47H,9-22H2,1-8H3,(H,42,46)/t23-,25?,27+,29?,30+,31+,33+,34+,38-,39-,40-,41+/m1/s1. The third kappa shape index (κ3) is 5.14. The Labute approximate surface area is 305 Å². The van der Waals surface area contributed by atoms with Crippen LogP contribution >= 0.6 is 0 Å². The molecule has 10 heteroatoms. The van der Waals surface area contributed by atoms with Crippen molar-refractivity contribution in [2.24, 2.45) is 44.8 Å². The van der Waals surface area contributed by atoms with Gasteiger partial charge in [-0.2, -0.15) is 0 Å². The molecule has 3 aliphatic heterocycles. The monoisotopic (exact) mass is 711 g/mol. The number of morpholine rings is 1. The van der Waals surface area contributed by atoms with E-state index < -0.39 is 29.2 Å². The Balaban J connectivity index is 1.01. The van der Waals surface area contributed by atoms with Gasteiger partial charge in [0.05, 0.1) is 37.0 Å². The second kappa shape index (κ2) is 12.1. The van der Waals surface area contributed by atoms with E-state index in [-0.39, 0.29) is 57.8 Å². The zero-order valence-corrected chi connectivity index (χ0v) is 32.3. The number of hydrogen-bond donors (Lipinski definition) is 3. The summed E-state index contributed by atoms with van der Waals surface area (Å²) < 4.78 is 25.4. The van der Waals surface area contributed by atoms with E-state index >= 15 is 0 Å². The van der Waals surface area contributed by atoms with Crippen LogP contribution < -0.4 is 5.32 Å². The van der Waals surface area contributed by atoms with E-state index in [0.717, 1.165) is 64.5 Å². The lowest BCUT2D eigenvalue weighted by atomic mass is 9.41. The van der Waals surface area contributed by atoms with E-state index in [2.05, 4.69) is 44.8 Å². The van der Waals surface area contributed by atoms with Gasteiger partial charge in [0.25, 0.3) is 0 Å². The molecular weight excluding hydrogens is 648 g/mol. The van der Waals surface area contributed by atoms with Crippen LogP contribution in [0.4, 0.5) is 0 Å². The quantitative estimate of drug-likeness (QED) is 0.323. The molecule has 3 saturated heterocycles. The Morgan fingerprint density at radius 2 is 1.88 bits per heavy atom. The van der Waals surface area contributed by atoms with E-state index in [0.29, 0.717) is 37.7 Å². The first-order valence-electron chi connectivity index (χ1n) is 20.0. The van der Waals surface area contributed by atoms with Gasteiger partial charge in [0.1, 0.15) is 12.2 Å². The average Bonchev–Trinajstić information content (AvgIpc) is 3.69. The predicted octanol–water partition coefficient (Wildman–Crippen LogP) is 5.11. The van der Waals surface area contributed by atoms with Crippen molar-refractivity contribution >= 4 is 11.9 Å². The second-order valence-corrected chi connectivity index (χ2v) is 19.5. The highest BCUT2D eigenvalue weighted by molar-refractivity contribution is 5.82. The molecule has 2 unspecified atom stereocenters. The summed E-state index contributed by atoms with van der Waals surface area (Å²) in [6.07, 6.45) is 9.41. The zero-order valence-electron chi connectivity index (χ0n) is 32.3. The molecule has 3 N–H and O–H groups in total. The van der Waals surface area contributed by atoms with Gasteiger partial charge < -0.3 is 34.5 Å². The fraction of sp³-hybridized carbons (Fsp3) is 0.878. The zero-order chi connectivity index (χ0) is 36.5. The number of carbonyl (C=O) groups is 2. The number of ether oxygens (including phenoxy) is 4. The summed E-state index contributed by atoms with van der Waals surface area (Å²) in [6, 6.07) is -0.0871. The van der Waals surface area contributed by atoms with Gasteiger partial charge in [-0.1, -0.05) is 34.6 Å². The molecule has 8 aliphatic rings. The number of hydrogen-bond acceptors (Lipinski definition) is 9. The van der Waals surface area contributed by atoms with Gasteiger partial charge >= 0.3 is 5.97 Å². The summed E-state index contributed by atoms with van der Waals surface area (Å²) in [4.78, 5) is 27.0. The summed E-state index contributed by atoms with van der Waals surface area (Å²) in [5, 5.41) is 26.6. The summed E-state index contributed by atoms with van der Waals surface area (Å²) in [7, 11) is 0. The van der Waals surface area contributed by atoms with Gasteiger partial charge in [-0.25, -0.2) is 0 Å². The van der Waals surface area contributed by atoms with E-state index in [1.807, 2.05) is 0 Å². The number of amides is 1. The maximum atomic E-state index is 12.7. The SMILES string of the molecule is CC(=O)O[C@@H]([C]1C[C@@H](C)[C@H]2[C](O1)[C@H](O)[C@@]1(C)[C]3CC[C@H]4C(C)(C)C(O[C@H]5CN(C6CCCNC6=O)CCO5)CC[C@@]45C[C@@]35CC[C@]21C)C(C)(C)O. The number of nitrogens with one attached hydrogen (secondary N) is 1. The van der Waals surface area contributed by atoms with Crippen molar-refractivity contribution in [3.05, 3.63) is 18.1 Å². The number of aliphatic hydroxyl groups excluding tert-OH is 1. The van der Waals surface area contributed by atoms with Crippen LogP contribution in [0.2, 0.25) is 0 Å². The Kier molecular flexibility index (Phi) is 8.70. The number of aliphatic hydroxyl groups is 2. The normalized spacial score (nSPS) is 48.0. The van der Waals surface area contributed by atoms with Crippen molar-refractivity contribution in [2.75, 3.05) is 26.2 Å². The molecule has 0 aromatic rings. The van der Waals surface area contributed by atoms with Crippen LogP contribution in [0.1, 0.15) is 120 Å². The van der Waals surface area contributed by atoms with Crippen LogP contribution in [-0.2, 0) is 28.5 Å². The molecule has 2 spiro atoms. The van der Waals surface area contributed by atoms with Crippen molar-refractivity contribution in [3.63, 3.8) is 0 Å². The summed E-state index contributed by atoms with van der Waals surface area (Å²) in [5.74, 6) is 2.01. The molecule has 5 saturated carbocycles. The molecule has 12 atom stereocenters. The van der Waals surface area contributed by atoms with Crippen LogP contribution in [0.3, 0.4) is 0 Å². The Morgan fingerprint density at radius 1 is 1.12 bits per heavy atom. The Hall–Kier alpha value is -1.30. The number of carbonyl (C=O) groups excluding carboxylic acids is 2. The lowest BCUT2D eigenvalue weighted by Gasteiger charge is -2.63. The lowest BCUT2D eigenvalue weighted by molar-refractivity contribution is -0.245. The maximum absolute atomic E-state index is 12.7. The fourth-order valence-electron chi connectivity index (χ4n) is 13.9. The topological polar surface area (TPSA) is 127 Å². The lowest BCUT2D eigenvalue weighted by Crippen LogP contribution is -2.60. The largest absolute Gasteiger partial charge is 0.456 e. The van der Waals surface area contributed by atoms with Crippen molar-refractivity contribution in [1.82, 2.24) is 10.2 Å². The molecule has 0 bridgehead atoms. The Morgan fingerprint density at radius 3 is 2.59 bits per heavy atom. The fourth-order valence-corrected chi connectivity index (χ4v) is 13.9. The first kappa shape index (κ1) is 36.7. The highest BCUT2D eigenvalue weighted by Crippen LogP contribution is 2.90. The number of piperidine rings is 1. The number of fused-ring (bicyclic) bond motifs is 4. The molecule has 10 nitrogen and oxygen atoms in total. The van der Waals surface area contributed by atoms with Crippen LogP contribution in [0.25, 0.3) is 0 Å². The van der Waals surface area contributed by atoms with Gasteiger partial charge in [-0.3, -0.25) is 14.5 Å². The smallest absolute Gasteiger partial charge is 0.303 e. The van der Waals surface area contributed by atoms with Crippen molar-refractivity contribution in [1.29, 1.82) is 0 Å². The first-order chi connectivity index (χ1) is 23.9. The van der Waals surface area contributed by atoms with E-state index in [9.17, 15) is 19.8 Å². The minimum atomic E-state index is -1.32. The van der Waals surface area contributed by atoms with Gasteiger partial charge in [-0.15, -0.1) is 0 Å². The number of nitrogens with zero attached hydrogens (tertiary/aromatic N) is 1. The van der Waals surface area contributed by atoms with Crippen molar-refractivity contribution < 1.29 is 38.7 Å². The molecular formula is C41H63N2O8. The second-order valence-electron chi connectivity index (χ2n) is 19.5. The van der Waals surface area contributed by atoms with Gasteiger partial charge in [0.15, 0.2) is 12.4 Å². The molecule has 1 amide bonds. The molecule has 0 aromatic carbocycles. The van der Waals surface area contributed by atoms with Gasteiger partial charge in [0.2, 0.25) is 5.91 Å². The van der Waals surface area contributed by atoms with Crippen LogP contribution in [0, 0.1) is 63.0 Å². The molecule has 5 aliphatic carbocycles. The molecule has 3 heterocycles. The molecule has 3 radical (unpaired) electrons. The predicted molar refractivity (Wildman–Crippen MR) is 189 cm³/mol. The van der Waals surface area contributed by atoms with Crippen LogP contribution in [0.5, 0.6) is 0 Å². The summed E-state index contributed by atoms with van der Waals surface area (Å²) >= 11 is 0. The maximum Gasteiger partial charge on any atom is 0.303 e. The van der Waals surface area contributed by atoms with Crippen molar-refractivity contribution in [2.45, 2.75) is 156 Å². The number of esters is 1. The minimum absolute atomic E-state index is 0.0376. The minimum Gasteiger partial charge on any atom is -0.456 e. The summed E-state index contributed by atoms with van der Waals surface area (Å²) in [6.45, 7) is 19.2.